The number of aromatic amines is 1. The van der Waals surface area contributed by atoms with Gasteiger partial charge in [-0.3, -0.25) is 5.10 Å². The Morgan fingerprint density at radius 1 is 1.16 bits per heavy atom. The zero-order chi connectivity index (χ0) is 17.4. The lowest BCUT2D eigenvalue weighted by Crippen LogP contribution is -2.57. The first-order valence-corrected chi connectivity index (χ1v) is 7.84. The third-order valence-corrected chi connectivity index (χ3v) is 4.21. The number of piperazine rings is 1. The number of halogens is 3. The number of rotatable bonds is 2. The molecule has 1 aliphatic heterocycles. The number of fused-ring (bicyclic) bond motifs is 1. The van der Waals surface area contributed by atoms with Crippen LogP contribution in [0.25, 0.3) is 22.4 Å². The Morgan fingerprint density at radius 3 is 2.88 bits per heavy atom. The lowest BCUT2D eigenvalue weighted by atomic mass is 10.2. The minimum atomic E-state index is -4.28. The van der Waals surface area contributed by atoms with E-state index in [1.165, 1.54) is 0 Å². The fourth-order valence-electron chi connectivity index (χ4n) is 2.96. The number of anilines is 1. The number of hydrogen-bond acceptors (Lipinski definition) is 5. The molecular formula is C16H15F3N6. The van der Waals surface area contributed by atoms with Crippen molar-refractivity contribution in [2.75, 3.05) is 24.5 Å². The molecule has 3 aromatic heterocycles. The van der Waals surface area contributed by atoms with Crippen molar-refractivity contribution in [1.82, 2.24) is 25.5 Å². The summed E-state index contributed by atoms with van der Waals surface area (Å²) in [5, 5.41) is 10.4. The summed E-state index contributed by atoms with van der Waals surface area (Å²) in [4.78, 5) is 10.4. The van der Waals surface area contributed by atoms with Crippen molar-refractivity contribution in [2.24, 2.45) is 0 Å². The van der Waals surface area contributed by atoms with Crippen LogP contribution in [0.2, 0.25) is 0 Å². The molecular weight excluding hydrogens is 333 g/mol. The van der Waals surface area contributed by atoms with Crippen LogP contribution >= 0.6 is 0 Å². The lowest BCUT2D eigenvalue weighted by Gasteiger charge is -2.35. The molecule has 130 valence electrons. The number of H-pyrrole nitrogens is 1. The maximum Gasteiger partial charge on any atom is 0.405 e. The molecule has 0 aromatic carbocycles. The molecule has 0 spiro atoms. The van der Waals surface area contributed by atoms with Crippen LogP contribution < -0.4 is 10.2 Å². The van der Waals surface area contributed by atoms with Gasteiger partial charge in [-0.1, -0.05) is 6.07 Å². The second-order valence-electron chi connectivity index (χ2n) is 5.85. The van der Waals surface area contributed by atoms with Crippen LogP contribution in [0.5, 0.6) is 0 Å². The normalized spacial score (nSPS) is 18.7. The van der Waals surface area contributed by atoms with Crippen molar-refractivity contribution >= 4 is 16.9 Å². The molecule has 3 aromatic rings. The average molecular weight is 348 g/mol. The van der Waals surface area contributed by atoms with Crippen LogP contribution in [0, 0.1) is 0 Å². The molecule has 0 bridgehead atoms. The third-order valence-electron chi connectivity index (χ3n) is 4.21. The predicted octanol–water partition coefficient (Wildman–Crippen LogP) is 2.36. The summed E-state index contributed by atoms with van der Waals surface area (Å²) in [5.74, 6) is 0.508. The van der Waals surface area contributed by atoms with Gasteiger partial charge in [0.15, 0.2) is 5.65 Å². The number of alkyl halides is 3. The molecule has 1 saturated heterocycles. The zero-order valence-corrected chi connectivity index (χ0v) is 13.1. The van der Waals surface area contributed by atoms with Crippen LogP contribution in [0.1, 0.15) is 0 Å². The first-order chi connectivity index (χ1) is 12.0. The summed E-state index contributed by atoms with van der Waals surface area (Å²) in [6.07, 6.45) is -2.62. The van der Waals surface area contributed by atoms with E-state index in [0.717, 1.165) is 5.39 Å². The molecule has 2 N–H and O–H groups in total. The van der Waals surface area contributed by atoms with Gasteiger partial charge in [0.2, 0.25) is 0 Å². The minimum Gasteiger partial charge on any atom is -0.353 e. The van der Waals surface area contributed by atoms with Crippen LogP contribution in [-0.2, 0) is 0 Å². The minimum absolute atomic E-state index is 0.164. The molecule has 1 unspecified atom stereocenters. The second kappa shape index (κ2) is 5.99. The van der Waals surface area contributed by atoms with E-state index in [2.05, 4.69) is 25.5 Å². The fourth-order valence-corrected chi connectivity index (χ4v) is 2.96. The van der Waals surface area contributed by atoms with Gasteiger partial charge < -0.3 is 10.2 Å². The van der Waals surface area contributed by atoms with E-state index < -0.39 is 12.2 Å². The highest BCUT2D eigenvalue weighted by Gasteiger charge is 2.42. The predicted molar refractivity (Wildman–Crippen MR) is 87.2 cm³/mol. The van der Waals surface area contributed by atoms with E-state index >= 15 is 0 Å². The van der Waals surface area contributed by atoms with Gasteiger partial charge in [-0.2, -0.15) is 18.3 Å². The van der Waals surface area contributed by atoms with E-state index in [-0.39, 0.29) is 13.1 Å². The Hall–Kier alpha value is -2.68. The van der Waals surface area contributed by atoms with Crippen molar-refractivity contribution in [2.45, 2.75) is 12.2 Å². The maximum atomic E-state index is 13.0. The first kappa shape index (κ1) is 15.8. The van der Waals surface area contributed by atoms with Crippen LogP contribution in [0.4, 0.5) is 19.0 Å². The molecule has 0 amide bonds. The number of hydrogen-bond donors (Lipinski definition) is 2. The highest BCUT2D eigenvalue weighted by Crippen LogP contribution is 2.27. The van der Waals surface area contributed by atoms with Crippen molar-refractivity contribution < 1.29 is 13.2 Å². The van der Waals surface area contributed by atoms with Gasteiger partial charge in [-0.25, -0.2) is 9.97 Å². The maximum absolute atomic E-state index is 13.0. The quantitative estimate of drug-likeness (QED) is 0.744. The second-order valence-corrected chi connectivity index (χ2v) is 5.85. The molecule has 0 aliphatic carbocycles. The summed E-state index contributed by atoms with van der Waals surface area (Å²) in [6, 6.07) is 7.40. The molecule has 25 heavy (non-hydrogen) atoms. The van der Waals surface area contributed by atoms with E-state index in [4.69, 9.17) is 0 Å². The summed E-state index contributed by atoms with van der Waals surface area (Å²) in [6.45, 7) is 0.556. The molecule has 1 atom stereocenters. The van der Waals surface area contributed by atoms with Crippen molar-refractivity contribution in [3.8, 4) is 11.4 Å². The van der Waals surface area contributed by atoms with E-state index in [0.29, 0.717) is 29.4 Å². The number of aromatic nitrogens is 4. The van der Waals surface area contributed by atoms with Crippen molar-refractivity contribution in [3.63, 3.8) is 0 Å². The summed E-state index contributed by atoms with van der Waals surface area (Å²) >= 11 is 0. The molecule has 4 rings (SSSR count). The molecule has 0 radical (unpaired) electrons. The molecule has 1 aliphatic rings. The smallest absolute Gasteiger partial charge is 0.353 e. The van der Waals surface area contributed by atoms with Gasteiger partial charge in [0.1, 0.15) is 17.6 Å². The summed E-state index contributed by atoms with van der Waals surface area (Å²) in [5.41, 5.74) is 1.87. The molecule has 9 heteroatoms. The third kappa shape index (κ3) is 3.02. The SMILES string of the molecule is FC(F)(F)C1CN(c2cccc(-c3n[nH]c4ncccc34)n2)CCN1. The van der Waals surface area contributed by atoms with Gasteiger partial charge in [-0.05, 0) is 24.3 Å². The molecule has 1 fully saturated rings. The average Bonchev–Trinajstić information content (AvgIpc) is 3.05. The molecule has 0 saturated carbocycles. The molecule has 4 heterocycles. The van der Waals surface area contributed by atoms with Gasteiger partial charge in [-0.15, -0.1) is 0 Å². The van der Waals surface area contributed by atoms with Gasteiger partial charge >= 0.3 is 6.18 Å². The largest absolute Gasteiger partial charge is 0.405 e. The Balaban J connectivity index is 1.66. The number of nitrogens with one attached hydrogen (secondary N) is 2. The fraction of sp³-hybridized carbons (Fsp3) is 0.312. The summed E-state index contributed by atoms with van der Waals surface area (Å²) in [7, 11) is 0. The van der Waals surface area contributed by atoms with E-state index in [9.17, 15) is 13.2 Å². The van der Waals surface area contributed by atoms with Crippen molar-refractivity contribution in [3.05, 3.63) is 36.5 Å². The van der Waals surface area contributed by atoms with Gasteiger partial charge in [0.05, 0.1) is 5.69 Å². The zero-order valence-electron chi connectivity index (χ0n) is 13.1. The van der Waals surface area contributed by atoms with Crippen molar-refractivity contribution in [1.29, 1.82) is 0 Å². The summed E-state index contributed by atoms with van der Waals surface area (Å²) < 4.78 is 38.9. The Morgan fingerprint density at radius 2 is 2.04 bits per heavy atom. The standard InChI is InChI=1S/C16H15F3N6/c17-16(18,19)12-9-25(8-7-20-12)13-5-1-4-11(22-13)14-10-3-2-6-21-15(10)24-23-14/h1-6,12,20H,7-9H2,(H,21,23,24). The highest BCUT2D eigenvalue weighted by molar-refractivity contribution is 5.89. The lowest BCUT2D eigenvalue weighted by molar-refractivity contribution is -0.155. The highest BCUT2D eigenvalue weighted by atomic mass is 19.4. The number of pyridine rings is 2. The van der Waals surface area contributed by atoms with E-state index in [1.807, 2.05) is 6.07 Å². The van der Waals surface area contributed by atoms with Crippen LogP contribution in [-0.4, -0.2) is 52.0 Å². The first-order valence-electron chi connectivity index (χ1n) is 7.84. The Bertz CT molecular complexity index is 891. The van der Waals surface area contributed by atoms with Crippen LogP contribution in [0.15, 0.2) is 36.5 Å². The Labute approximate surface area is 141 Å². The van der Waals surface area contributed by atoms with Gasteiger partial charge in [0.25, 0.3) is 0 Å². The van der Waals surface area contributed by atoms with E-state index in [1.54, 1.807) is 35.4 Å². The topological polar surface area (TPSA) is 69.7 Å². The Kier molecular flexibility index (Phi) is 3.79. The number of nitrogens with zero attached hydrogens (tertiary/aromatic N) is 4. The van der Waals surface area contributed by atoms with Gasteiger partial charge in [0, 0.05) is 31.2 Å². The molecule has 6 nitrogen and oxygen atoms in total. The monoisotopic (exact) mass is 348 g/mol. The van der Waals surface area contributed by atoms with Crippen LogP contribution in [0.3, 0.4) is 0 Å².